The molecule has 0 unspecified atom stereocenters. The highest BCUT2D eigenvalue weighted by molar-refractivity contribution is 7.17. The Morgan fingerprint density at radius 1 is 1.42 bits per heavy atom. The number of morpholine rings is 1. The van der Waals surface area contributed by atoms with E-state index in [0.717, 1.165) is 13.0 Å². The van der Waals surface area contributed by atoms with Gasteiger partial charge in [0.15, 0.2) is 0 Å². The van der Waals surface area contributed by atoms with Crippen molar-refractivity contribution >= 4 is 22.4 Å². The van der Waals surface area contributed by atoms with Gasteiger partial charge in [-0.1, -0.05) is 18.3 Å². The molecule has 19 heavy (non-hydrogen) atoms. The lowest BCUT2D eigenvalue weighted by atomic mass is 10.2. The summed E-state index contributed by atoms with van der Waals surface area (Å²) in [6.45, 7) is 8.10. The van der Waals surface area contributed by atoms with Gasteiger partial charge in [0.2, 0.25) is 10.1 Å². The number of aromatic nitrogens is 2. The minimum absolute atomic E-state index is 0.0518. The maximum Gasteiger partial charge on any atom is 0.285 e. The molecule has 0 spiro atoms. The van der Waals surface area contributed by atoms with E-state index >= 15 is 0 Å². The molecule has 1 aliphatic rings. The lowest BCUT2D eigenvalue weighted by Gasteiger charge is -2.34. The smallest absolute Gasteiger partial charge is 0.285 e. The van der Waals surface area contributed by atoms with Crippen LogP contribution in [0.3, 0.4) is 0 Å². The molecule has 2 rings (SSSR count). The van der Waals surface area contributed by atoms with E-state index in [0.29, 0.717) is 23.2 Å². The van der Waals surface area contributed by atoms with Crippen LogP contribution in [0.5, 0.6) is 0 Å². The van der Waals surface area contributed by atoms with Gasteiger partial charge in [0.1, 0.15) is 0 Å². The number of anilines is 1. The number of nitrogens with zero attached hydrogens (tertiary/aromatic N) is 3. The third-order valence-electron chi connectivity index (χ3n) is 2.84. The van der Waals surface area contributed by atoms with Gasteiger partial charge >= 0.3 is 0 Å². The van der Waals surface area contributed by atoms with Crippen LogP contribution in [0.25, 0.3) is 0 Å². The Morgan fingerprint density at radius 2 is 2.11 bits per heavy atom. The molecule has 1 fully saturated rings. The third kappa shape index (κ3) is 3.63. The first-order valence-corrected chi connectivity index (χ1v) is 7.44. The van der Waals surface area contributed by atoms with Crippen molar-refractivity contribution in [1.29, 1.82) is 0 Å². The number of nitrogens with one attached hydrogen (secondary N) is 1. The van der Waals surface area contributed by atoms with Crippen LogP contribution >= 0.6 is 11.3 Å². The second kappa shape index (κ2) is 6.29. The summed E-state index contributed by atoms with van der Waals surface area (Å²) in [5.74, 6) is -0.0518. The Morgan fingerprint density at radius 3 is 2.74 bits per heavy atom. The minimum Gasteiger partial charge on any atom is -0.372 e. The normalized spacial score (nSPS) is 23.4. The molecule has 2 heterocycles. The number of hydrogen-bond acceptors (Lipinski definition) is 6. The van der Waals surface area contributed by atoms with Gasteiger partial charge in [-0.2, -0.15) is 0 Å². The zero-order valence-electron chi connectivity index (χ0n) is 11.5. The third-order valence-corrected chi connectivity index (χ3v) is 3.71. The van der Waals surface area contributed by atoms with Crippen molar-refractivity contribution in [3.63, 3.8) is 0 Å². The molecule has 1 amide bonds. The van der Waals surface area contributed by atoms with E-state index in [1.165, 1.54) is 11.3 Å². The van der Waals surface area contributed by atoms with E-state index in [2.05, 4.69) is 22.4 Å². The fraction of sp³-hybridized carbons (Fsp3) is 0.750. The van der Waals surface area contributed by atoms with E-state index in [9.17, 15) is 4.79 Å². The number of amides is 1. The lowest BCUT2D eigenvalue weighted by Crippen LogP contribution is -2.48. The molecular weight excluding hydrogens is 264 g/mol. The van der Waals surface area contributed by atoms with Crippen LogP contribution in [-0.4, -0.2) is 52.8 Å². The average Bonchev–Trinajstić information content (AvgIpc) is 2.83. The molecule has 0 saturated carbocycles. The zero-order valence-corrected chi connectivity index (χ0v) is 12.4. The fourth-order valence-electron chi connectivity index (χ4n) is 2.09. The highest BCUT2D eigenvalue weighted by Gasteiger charge is 2.28. The molecule has 2 atom stereocenters. The second-order valence-electron chi connectivity index (χ2n) is 4.81. The van der Waals surface area contributed by atoms with Gasteiger partial charge in [-0.15, -0.1) is 10.2 Å². The van der Waals surface area contributed by atoms with Crippen molar-refractivity contribution in [2.24, 2.45) is 0 Å². The van der Waals surface area contributed by atoms with Crippen LogP contribution in [0.4, 0.5) is 5.13 Å². The van der Waals surface area contributed by atoms with Crippen molar-refractivity contribution in [1.82, 2.24) is 15.1 Å². The Bertz CT molecular complexity index is 427. The summed E-state index contributed by atoms with van der Waals surface area (Å²) in [5.41, 5.74) is 0. The molecule has 0 aliphatic carbocycles. The van der Waals surface area contributed by atoms with E-state index < -0.39 is 0 Å². The zero-order chi connectivity index (χ0) is 13.8. The quantitative estimate of drug-likeness (QED) is 0.910. The van der Waals surface area contributed by atoms with Crippen LogP contribution in [0.2, 0.25) is 0 Å². The summed E-state index contributed by atoms with van der Waals surface area (Å²) in [5, 5.41) is 12.2. The number of hydrogen-bond donors (Lipinski definition) is 1. The molecule has 1 N–H and O–H groups in total. The number of ether oxygens (including phenoxy) is 1. The first-order valence-electron chi connectivity index (χ1n) is 6.62. The van der Waals surface area contributed by atoms with E-state index in [1.54, 1.807) is 4.90 Å². The Labute approximate surface area is 117 Å². The molecule has 0 bridgehead atoms. The molecule has 1 saturated heterocycles. The summed E-state index contributed by atoms with van der Waals surface area (Å²) < 4.78 is 5.62. The molecule has 0 radical (unpaired) electrons. The Kier molecular flexibility index (Phi) is 4.71. The van der Waals surface area contributed by atoms with E-state index in [-0.39, 0.29) is 18.1 Å². The summed E-state index contributed by atoms with van der Waals surface area (Å²) in [6, 6.07) is 0. The maximum atomic E-state index is 12.3. The van der Waals surface area contributed by atoms with Crippen LogP contribution < -0.4 is 5.32 Å². The fourth-order valence-corrected chi connectivity index (χ4v) is 2.83. The van der Waals surface area contributed by atoms with Crippen molar-refractivity contribution in [3.8, 4) is 0 Å². The lowest BCUT2D eigenvalue weighted by molar-refractivity contribution is -0.0586. The molecule has 106 valence electrons. The van der Waals surface area contributed by atoms with Gasteiger partial charge in [0, 0.05) is 19.6 Å². The van der Waals surface area contributed by atoms with Gasteiger partial charge in [0.25, 0.3) is 5.91 Å². The van der Waals surface area contributed by atoms with Crippen LogP contribution in [0.1, 0.15) is 37.0 Å². The topological polar surface area (TPSA) is 67.4 Å². The van der Waals surface area contributed by atoms with Gasteiger partial charge in [-0.25, -0.2) is 0 Å². The molecule has 1 aromatic heterocycles. The van der Waals surface area contributed by atoms with Crippen LogP contribution in [-0.2, 0) is 4.74 Å². The van der Waals surface area contributed by atoms with Gasteiger partial charge in [0.05, 0.1) is 12.2 Å². The molecule has 1 aromatic rings. The Balaban J connectivity index is 2.00. The van der Waals surface area contributed by atoms with Crippen molar-refractivity contribution in [2.75, 3.05) is 25.0 Å². The number of carbonyl (C=O) groups is 1. The monoisotopic (exact) mass is 284 g/mol. The maximum absolute atomic E-state index is 12.3. The van der Waals surface area contributed by atoms with Gasteiger partial charge in [-0.05, 0) is 20.3 Å². The van der Waals surface area contributed by atoms with Gasteiger partial charge < -0.3 is 15.0 Å². The highest BCUT2D eigenvalue weighted by atomic mass is 32.1. The standard InChI is InChI=1S/C12H20N4O2S/c1-4-5-13-12-15-14-10(19-12)11(17)16-6-8(2)18-9(3)7-16/h8-9H,4-7H2,1-3H3,(H,13,15)/t8-,9+. The predicted molar refractivity (Wildman–Crippen MR) is 74.6 cm³/mol. The van der Waals surface area contributed by atoms with Crippen molar-refractivity contribution in [2.45, 2.75) is 39.4 Å². The molecule has 7 heteroatoms. The predicted octanol–water partition coefficient (Wildman–Crippen LogP) is 1.61. The van der Waals surface area contributed by atoms with Crippen molar-refractivity contribution in [3.05, 3.63) is 5.01 Å². The largest absolute Gasteiger partial charge is 0.372 e. The summed E-state index contributed by atoms with van der Waals surface area (Å²) >= 11 is 1.31. The summed E-state index contributed by atoms with van der Waals surface area (Å²) in [7, 11) is 0. The molecule has 1 aliphatic heterocycles. The SMILES string of the molecule is CCCNc1nnc(C(=O)N2C[C@@H](C)O[C@@H](C)C2)s1. The average molecular weight is 284 g/mol. The second-order valence-corrected chi connectivity index (χ2v) is 5.78. The summed E-state index contributed by atoms with van der Waals surface area (Å²) in [4.78, 5) is 14.1. The number of rotatable bonds is 4. The minimum atomic E-state index is -0.0518. The van der Waals surface area contributed by atoms with Gasteiger partial charge in [-0.3, -0.25) is 4.79 Å². The highest BCUT2D eigenvalue weighted by Crippen LogP contribution is 2.19. The molecule has 6 nitrogen and oxygen atoms in total. The van der Waals surface area contributed by atoms with E-state index in [4.69, 9.17) is 4.74 Å². The van der Waals surface area contributed by atoms with Crippen molar-refractivity contribution < 1.29 is 9.53 Å². The first-order chi connectivity index (χ1) is 9.10. The first kappa shape index (κ1) is 14.2. The van der Waals surface area contributed by atoms with E-state index in [1.807, 2.05) is 13.8 Å². The summed E-state index contributed by atoms with van der Waals surface area (Å²) in [6.07, 6.45) is 1.15. The van der Waals surface area contributed by atoms with Crippen LogP contribution in [0, 0.1) is 0 Å². The molecular formula is C12H20N4O2S. The van der Waals surface area contributed by atoms with Crippen LogP contribution in [0.15, 0.2) is 0 Å². The number of carbonyl (C=O) groups excluding carboxylic acids is 1. The molecule has 0 aromatic carbocycles. The Hall–Kier alpha value is -1.21.